The predicted molar refractivity (Wildman–Crippen MR) is 79.1 cm³/mol. The lowest BCUT2D eigenvalue weighted by Crippen LogP contribution is -2.47. The molecule has 0 saturated heterocycles. The summed E-state index contributed by atoms with van der Waals surface area (Å²) in [6.07, 6.45) is -1.97. The van der Waals surface area contributed by atoms with Crippen LogP contribution >= 0.6 is 11.3 Å². The summed E-state index contributed by atoms with van der Waals surface area (Å²) >= 11 is 1.29. The molecule has 1 aromatic heterocycles. The highest BCUT2D eigenvalue weighted by atomic mass is 32.1. The Hall–Kier alpha value is -1.60. The van der Waals surface area contributed by atoms with E-state index < -0.39 is 29.8 Å². The average molecular weight is 315 g/mol. The van der Waals surface area contributed by atoms with Crippen LogP contribution in [-0.4, -0.2) is 35.4 Å². The summed E-state index contributed by atoms with van der Waals surface area (Å²) in [5, 5.41) is 14.4. The van der Waals surface area contributed by atoms with E-state index in [1.165, 1.54) is 11.3 Å². The Balaban J connectivity index is 2.82. The van der Waals surface area contributed by atoms with Crippen molar-refractivity contribution in [3.63, 3.8) is 0 Å². The van der Waals surface area contributed by atoms with E-state index in [0.29, 0.717) is 4.88 Å². The van der Waals surface area contributed by atoms with Crippen LogP contribution in [0.1, 0.15) is 38.7 Å². The van der Waals surface area contributed by atoms with E-state index in [1.807, 2.05) is 0 Å². The monoisotopic (exact) mass is 315 g/mol. The van der Waals surface area contributed by atoms with Gasteiger partial charge in [-0.2, -0.15) is 0 Å². The van der Waals surface area contributed by atoms with Gasteiger partial charge in [-0.05, 0) is 39.1 Å². The molecule has 2 atom stereocenters. The number of alkyl carbamates (subject to hydrolysis) is 1. The van der Waals surface area contributed by atoms with E-state index in [1.54, 1.807) is 45.2 Å². The Kier molecular flexibility index (Phi) is 6.17. The second kappa shape index (κ2) is 7.42. The van der Waals surface area contributed by atoms with Gasteiger partial charge < -0.3 is 19.9 Å². The Morgan fingerprint density at radius 2 is 2.10 bits per heavy atom. The number of carbonyl (C=O) groups excluding carboxylic acids is 2. The third-order valence-corrected chi connectivity index (χ3v) is 3.31. The number of nitrogens with one attached hydrogen (secondary N) is 1. The van der Waals surface area contributed by atoms with E-state index in [9.17, 15) is 14.7 Å². The molecule has 0 radical (unpaired) electrons. The largest absolute Gasteiger partial charge is 0.464 e. The maximum Gasteiger partial charge on any atom is 0.408 e. The maximum absolute atomic E-state index is 11.9. The van der Waals surface area contributed by atoms with E-state index in [4.69, 9.17) is 9.47 Å². The van der Waals surface area contributed by atoms with Crippen LogP contribution in [0.4, 0.5) is 4.79 Å². The maximum atomic E-state index is 11.9. The molecule has 0 fully saturated rings. The summed E-state index contributed by atoms with van der Waals surface area (Å²) in [6.45, 7) is 6.94. The first-order valence-corrected chi connectivity index (χ1v) is 7.50. The van der Waals surface area contributed by atoms with Crippen LogP contribution in [0.25, 0.3) is 0 Å². The molecule has 21 heavy (non-hydrogen) atoms. The fourth-order valence-corrected chi connectivity index (χ4v) is 2.30. The number of thiophene rings is 1. The van der Waals surface area contributed by atoms with Gasteiger partial charge in [-0.25, -0.2) is 9.59 Å². The first-order chi connectivity index (χ1) is 9.74. The summed E-state index contributed by atoms with van der Waals surface area (Å²) < 4.78 is 9.99. The van der Waals surface area contributed by atoms with Crippen molar-refractivity contribution < 1.29 is 24.2 Å². The number of esters is 1. The number of amides is 1. The highest BCUT2D eigenvalue weighted by molar-refractivity contribution is 7.10. The summed E-state index contributed by atoms with van der Waals surface area (Å²) in [5.74, 6) is -0.704. The van der Waals surface area contributed by atoms with Crippen LogP contribution in [0, 0.1) is 0 Å². The molecule has 0 spiro atoms. The predicted octanol–water partition coefficient (Wildman–Crippen LogP) is 2.24. The van der Waals surface area contributed by atoms with Crippen molar-refractivity contribution in [2.75, 3.05) is 6.61 Å². The lowest BCUT2D eigenvalue weighted by molar-refractivity contribution is -0.148. The summed E-state index contributed by atoms with van der Waals surface area (Å²) in [7, 11) is 0. The van der Waals surface area contributed by atoms with Crippen molar-refractivity contribution in [1.29, 1.82) is 0 Å². The Labute approximate surface area is 128 Å². The molecule has 0 unspecified atom stereocenters. The zero-order chi connectivity index (χ0) is 16.0. The van der Waals surface area contributed by atoms with Crippen molar-refractivity contribution in [2.45, 2.75) is 45.4 Å². The molecule has 1 heterocycles. The summed E-state index contributed by atoms with van der Waals surface area (Å²) in [6, 6.07) is 2.22. The number of aliphatic hydroxyl groups excluding tert-OH is 1. The SMILES string of the molecule is CCOC(=O)[C@@H](NC(=O)OC(C)(C)C)[C@H](O)c1cccs1. The van der Waals surface area contributed by atoms with Gasteiger partial charge >= 0.3 is 12.1 Å². The van der Waals surface area contributed by atoms with Crippen molar-refractivity contribution in [3.8, 4) is 0 Å². The molecule has 7 heteroatoms. The van der Waals surface area contributed by atoms with E-state index in [-0.39, 0.29) is 6.61 Å². The second-order valence-corrected chi connectivity index (χ2v) is 6.32. The Bertz CT molecular complexity index is 466. The van der Waals surface area contributed by atoms with Gasteiger partial charge in [-0.3, -0.25) is 0 Å². The minimum Gasteiger partial charge on any atom is -0.464 e. The van der Waals surface area contributed by atoms with E-state index in [2.05, 4.69) is 5.32 Å². The number of hydrogen-bond acceptors (Lipinski definition) is 6. The summed E-state index contributed by atoms with van der Waals surface area (Å²) in [5.41, 5.74) is -0.697. The second-order valence-electron chi connectivity index (χ2n) is 5.34. The molecule has 0 aliphatic rings. The molecule has 6 nitrogen and oxygen atoms in total. The van der Waals surface area contributed by atoms with Crippen LogP contribution in [-0.2, 0) is 14.3 Å². The average Bonchev–Trinajstić information content (AvgIpc) is 2.87. The number of aliphatic hydroxyl groups is 1. The summed E-state index contributed by atoms with van der Waals surface area (Å²) in [4.78, 5) is 24.3. The van der Waals surface area contributed by atoms with Gasteiger partial charge in [0.05, 0.1) is 6.61 Å². The highest BCUT2D eigenvalue weighted by Crippen LogP contribution is 2.23. The molecule has 118 valence electrons. The van der Waals surface area contributed by atoms with Crippen LogP contribution in [0.2, 0.25) is 0 Å². The van der Waals surface area contributed by atoms with E-state index >= 15 is 0 Å². The molecule has 2 N–H and O–H groups in total. The Morgan fingerprint density at radius 3 is 2.57 bits per heavy atom. The van der Waals surface area contributed by atoms with Crippen molar-refractivity contribution >= 4 is 23.4 Å². The van der Waals surface area contributed by atoms with Crippen molar-refractivity contribution in [2.24, 2.45) is 0 Å². The lowest BCUT2D eigenvalue weighted by atomic mass is 10.1. The molecule has 0 aliphatic carbocycles. The smallest absolute Gasteiger partial charge is 0.408 e. The molecule has 0 bridgehead atoms. The fraction of sp³-hybridized carbons (Fsp3) is 0.571. The van der Waals surface area contributed by atoms with Gasteiger partial charge in [-0.1, -0.05) is 6.07 Å². The van der Waals surface area contributed by atoms with Gasteiger partial charge in [0, 0.05) is 4.88 Å². The van der Waals surface area contributed by atoms with E-state index in [0.717, 1.165) is 0 Å². The number of carbonyl (C=O) groups is 2. The molecule has 1 amide bonds. The third kappa shape index (κ3) is 5.73. The van der Waals surface area contributed by atoms with Crippen LogP contribution in [0.15, 0.2) is 17.5 Å². The molecule has 1 rings (SSSR count). The van der Waals surface area contributed by atoms with Crippen molar-refractivity contribution in [1.82, 2.24) is 5.32 Å². The van der Waals surface area contributed by atoms with Crippen molar-refractivity contribution in [3.05, 3.63) is 22.4 Å². The molecule has 0 aromatic carbocycles. The molecular weight excluding hydrogens is 294 g/mol. The highest BCUT2D eigenvalue weighted by Gasteiger charge is 2.33. The van der Waals surface area contributed by atoms with Gasteiger partial charge in [0.15, 0.2) is 6.04 Å². The Morgan fingerprint density at radius 1 is 1.43 bits per heavy atom. The minimum absolute atomic E-state index is 0.155. The molecule has 1 aromatic rings. The number of rotatable bonds is 5. The number of ether oxygens (including phenoxy) is 2. The van der Waals surface area contributed by atoms with Crippen LogP contribution in [0.5, 0.6) is 0 Å². The quantitative estimate of drug-likeness (QED) is 0.814. The van der Waals surface area contributed by atoms with Gasteiger partial charge in [-0.15, -0.1) is 11.3 Å². The molecule has 0 aliphatic heterocycles. The third-order valence-electron chi connectivity index (χ3n) is 2.36. The normalized spacial score (nSPS) is 14.1. The van der Waals surface area contributed by atoms with Crippen LogP contribution in [0.3, 0.4) is 0 Å². The van der Waals surface area contributed by atoms with Gasteiger partial charge in [0.25, 0.3) is 0 Å². The first-order valence-electron chi connectivity index (χ1n) is 6.62. The molecule has 0 saturated carbocycles. The number of hydrogen-bond donors (Lipinski definition) is 2. The topological polar surface area (TPSA) is 84.9 Å². The van der Waals surface area contributed by atoms with Gasteiger partial charge in [0.2, 0.25) is 0 Å². The lowest BCUT2D eigenvalue weighted by Gasteiger charge is -2.25. The first kappa shape index (κ1) is 17.5. The minimum atomic E-state index is -1.21. The zero-order valence-electron chi connectivity index (χ0n) is 12.6. The fourth-order valence-electron chi connectivity index (χ4n) is 1.56. The zero-order valence-corrected chi connectivity index (χ0v) is 13.4. The van der Waals surface area contributed by atoms with Crippen LogP contribution < -0.4 is 5.32 Å². The molecular formula is C14H21NO5S. The van der Waals surface area contributed by atoms with Gasteiger partial charge in [0.1, 0.15) is 11.7 Å². The standard InChI is InChI=1S/C14H21NO5S/c1-5-19-12(17)10(11(16)9-7-6-8-21-9)15-13(18)20-14(2,3)4/h6-8,10-11,16H,5H2,1-4H3,(H,15,18)/t10-,11+/m0/s1.